The highest BCUT2D eigenvalue weighted by molar-refractivity contribution is 4.88. The molecular weight excluding hydrogens is 264 g/mol. The molecule has 0 saturated heterocycles. The summed E-state index contributed by atoms with van der Waals surface area (Å²) < 4.78 is 0. The molecule has 3 aliphatic carbocycles. The molecule has 0 aromatic carbocycles. The second-order valence-corrected chi connectivity index (χ2v) is 6.35. The van der Waals surface area contributed by atoms with Gasteiger partial charge in [-0.1, -0.05) is 111 Å². The molecule has 0 aromatic rings. The van der Waals surface area contributed by atoms with Crippen LogP contribution in [0.25, 0.3) is 0 Å². The summed E-state index contributed by atoms with van der Waals surface area (Å²) in [5.74, 6) is 2.14. The van der Waals surface area contributed by atoms with Crippen molar-refractivity contribution in [2.45, 2.75) is 119 Å². The van der Waals surface area contributed by atoms with Crippen molar-refractivity contribution in [3.8, 4) is 0 Å². The molecule has 0 unspecified atom stereocenters. The van der Waals surface area contributed by atoms with Crippen LogP contribution in [0.2, 0.25) is 0 Å². The lowest BCUT2D eigenvalue weighted by atomic mass is 10.1. The number of hydrogen-bond acceptors (Lipinski definition) is 0. The van der Waals surface area contributed by atoms with Gasteiger partial charge in [0, 0.05) is 0 Å². The first-order valence-electron chi connectivity index (χ1n) is 10.5. The normalized spacial score (nSPS) is 19.7. The molecule has 22 heavy (non-hydrogen) atoms. The maximum Gasteiger partial charge on any atom is -0.0348 e. The zero-order valence-corrected chi connectivity index (χ0v) is 16.8. The van der Waals surface area contributed by atoms with Crippen molar-refractivity contribution >= 4 is 0 Å². The Morgan fingerprint density at radius 1 is 0.682 bits per heavy atom. The summed E-state index contributed by atoms with van der Waals surface area (Å²) in [6.45, 7) is 12.6. The van der Waals surface area contributed by atoms with Crippen molar-refractivity contribution in [3.63, 3.8) is 0 Å². The Labute approximate surface area is 143 Å². The molecule has 0 amide bonds. The maximum absolute atomic E-state index is 2.34. The molecule has 2 fully saturated rings. The molecule has 134 valence electrons. The van der Waals surface area contributed by atoms with Crippen LogP contribution in [-0.2, 0) is 0 Å². The minimum Gasteiger partial charge on any atom is -0.0885 e. The van der Waals surface area contributed by atoms with Crippen molar-refractivity contribution in [2.24, 2.45) is 11.8 Å². The topological polar surface area (TPSA) is 0 Å². The van der Waals surface area contributed by atoms with Crippen LogP contribution in [0, 0.1) is 11.8 Å². The molecule has 0 aliphatic heterocycles. The molecule has 0 spiro atoms. The van der Waals surface area contributed by atoms with Gasteiger partial charge in [0.15, 0.2) is 0 Å². The molecule has 0 bridgehead atoms. The van der Waals surface area contributed by atoms with Crippen molar-refractivity contribution in [3.05, 3.63) is 12.2 Å². The summed E-state index contributed by atoms with van der Waals surface area (Å²) in [6, 6.07) is 0. The Bertz CT molecular complexity index is 186. The third-order valence-electron chi connectivity index (χ3n) is 4.60. The minimum atomic E-state index is 1.05. The Morgan fingerprint density at radius 2 is 1.09 bits per heavy atom. The predicted molar refractivity (Wildman–Crippen MR) is 106 cm³/mol. The van der Waals surface area contributed by atoms with Gasteiger partial charge in [0.2, 0.25) is 0 Å². The predicted octanol–water partition coefficient (Wildman–Crippen LogP) is 8.56. The average Bonchev–Trinajstić information content (AvgIpc) is 3.36. The van der Waals surface area contributed by atoms with E-state index in [4.69, 9.17) is 0 Å². The van der Waals surface area contributed by atoms with E-state index in [1.165, 1.54) is 77.0 Å². The van der Waals surface area contributed by atoms with E-state index in [0.29, 0.717) is 0 Å². The molecule has 0 radical (unpaired) electrons. The second-order valence-electron chi connectivity index (χ2n) is 6.35. The van der Waals surface area contributed by atoms with Crippen molar-refractivity contribution in [1.82, 2.24) is 0 Å². The van der Waals surface area contributed by atoms with E-state index < -0.39 is 0 Å². The largest absolute Gasteiger partial charge is 0.0885 e. The zero-order valence-electron chi connectivity index (χ0n) is 16.8. The van der Waals surface area contributed by atoms with E-state index >= 15 is 0 Å². The Kier molecular flexibility index (Phi) is 22.6. The lowest BCUT2D eigenvalue weighted by Gasteiger charge is -1.99. The smallest absolute Gasteiger partial charge is 0.0348 e. The average molecular weight is 311 g/mol. The number of rotatable bonds is 1. The molecule has 3 aliphatic rings. The fraction of sp³-hybridized carbons (Fsp3) is 0.909. The number of hydrogen-bond donors (Lipinski definition) is 0. The Balaban J connectivity index is 0. The standard InChI is InChI=1S/C7H14.C6H12.C5H8.2C2H6/c1-2-7-5-3-4-6-7;1-6-4-2-3-5-6;1-2-4-5-3-1;2*1-2/h7H,2-6H2,1H3;6H,2-5H2,1H3;1-2H,3-5H2;2*1-2H3. The monoisotopic (exact) mass is 310 g/mol. The van der Waals surface area contributed by atoms with E-state index in [0.717, 1.165) is 11.8 Å². The molecular formula is C22H46. The summed E-state index contributed by atoms with van der Waals surface area (Å²) in [5.41, 5.74) is 0. The first kappa shape index (κ1) is 24.0. The first-order chi connectivity index (χ1) is 10.8. The van der Waals surface area contributed by atoms with E-state index in [2.05, 4.69) is 26.0 Å². The van der Waals surface area contributed by atoms with E-state index in [1.807, 2.05) is 27.7 Å². The zero-order chi connectivity index (χ0) is 17.1. The van der Waals surface area contributed by atoms with E-state index in [1.54, 1.807) is 0 Å². The van der Waals surface area contributed by atoms with Crippen LogP contribution in [-0.4, -0.2) is 0 Å². The summed E-state index contributed by atoms with van der Waals surface area (Å²) >= 11 is 0. The molecule has 3 rings (SSSR count). The van der Waals surface area contributed by atoms with Crippen LogP contribution in [0.1, 0.15) is 119 Å². The SMILES string of the molecule is C1=CCCC1.CC.CC.CC1CCCC1.CCC1CCCC1. The molecule has 0 heterocycles. The van der Waals surface area contributed by atoms with Crippen LogP contribution >= 0.6 is 0 Å². The lowest BCUT2D eigenvalue weighted by Crippen LogP contribution is -1.86. The first-order valence-corrected chi connectivity index (χ1v) is 10.5. The second kappa shape index (κ2) is 20.7. The van der Waals surface area contributed by atoms with E-state index in [-0.39, 0.29) is 0 Å². The Hall–Kier alpha value is -0.260. The van der Waals surface area contributed by atoms with Crippen LogP contribution in [0.5, 0.6) is 0 Å². The van der Waals surface area contributed by atoms with Gasteiger partial charge in [0.05, 0.1) is 0 Å². The molecule has 0 N–H and O–H groups in total. The van der Waals surface area contributed by atoms with Gasteiger partial charge in [-0.05, 0) is 31.1 Å². The van der Waals surface area contributed by atoms with Gasteiger partial charge >= 0.3 is 0 Å². The third kappa shape index (κ3) is 16.1. The van der Waals surface area contributed by atoms with E-state index in [9.17, 15) is 0 Å². The van der Waals surface area contributed by atoms with Crippen molar-refractivity contribution in [2.75, 3.05) is 0 Å². The summed E-state index contributed by atoms with van der Waals surface area (Å²) in [6.07, 6.45) is 21.9. The molecule has 0 nitrogen and oxygen atoms in total. The van der Waals surface area contributed by atoms with Gasteiger partial charge in [0.1, 0.15) is 0 Å². The highest BCUT2D eigenvalue weighted by Gasteiger charge is 2.11. The molecule has 0 atom stereocenters. The van der Waals surface area contributed by atoms with Gasteiger partial charge in [-0.25, -0.2) is 0 Å². The van der Waals surface area contributed by atoms with Gasteiger partial charge in [-0.3, -0.25) is 0 Å². The third-order valence-corrected chi connectivity index (χ3v) is 4.60. The molecule has 0 aromatic heterocycles. The van der Waals surface area contributed by atoms with Crippen molar-refractivity contribution in [1.29, 1.82) is 0 Å². The Morgan fingerprint density at radius 3 is 1.27 bits per heavy atom. The summed E-state index contributed by atoms with van der Waals surface area (Å²) in [7, 11) is 0. The van der Waals surface area contributed by atoms with Crippen molar-refractivity contribution < 1.29 is 0 Å². The maximum atomic E-state index is 2.34. The van der Waals surface area contributed by atoms with Crippen LogP contribution < -0.4 is 0 Å². The van der Waals surface area contributed by atoms with Crippen LogP contribution in [0.3, 0.4) is 0 Å². The van der Waals surface area contributed by atoms with Crippen LogP contribution in [0.4, 0.5) is 0 Å². The lowest BCUT2D eigenvalue weighted by molar-refractivity contribution is 0.531. The fourth-order valence-corrected chi connectivity index (χ4v) is 3.14. The minimum absolute atomic E-state index is 1.05. The quantitative estimate of drug-likeness (QED) is 0.425. The van der Waals surface area contributed by atoms with Crippen LogP contribution in [0.15, 0.2) is 12.2 Å². The van der Waals surface area contributed by atoms with Gasteiger partial charge in [-0.15, -0.1) is 0 Å². The summed E-state index contributed by atoms with van der Waals surface area (Å²) in [4.78, 5) is 0. The molecule has 2 saturated carbocycles. The highest BCUT2D eigenvalue weighted by Crippen LogP contribution is 2.26. The van der Waals surface area contributed by atoms with Gasteiger partial charge < -0.3 is 0 Å². The highest BCUT2D eigenvalue weighted by atomic mass is 14.2. The molecule has 0 heteroatoms. The fourth-order valence-electron chi connectivity index (χ4n) is 3.14. The van der Waals surface area contributed by atoms with Gasteiger partial charge in [0.25, 0.3) is 0 Å². The number of allylic oxidation sites excluding steroid dienone is 2. The summed E-state index contributed by atoms with van der Waals surface area (Å²) in [5, 5.41) is 0. The van der Waals surface area contributed by atoms with Gasteiger partial charge in [-0.2, -0.15) is 0 Å².